The number of ether oxygens (including phenoxy) is 1. The lowest BCUT2D eigenvalue weighted by atomic mass is 10.2. The van der Waals surface area contributed by atoms with Crippen LogP contribution in [0.5, 0.6) is 0 Å². The Kier molecular flexibility index (Phi) is 2.71. The van der Waals surface area contributed by atoms with Crippen molar-refractivity contribution in [2.24, 2.45) is 0 Å². The molecule has 1 N–H and O–H groups in total. The lowest BCUT2D eigenvalue weighted by molar-refractivity contribution is 0.0211. The monoisotopic (exact) mass is 262 g/mol. The van der Waals surface area contributed by atoms with Gasteiger partial charge in [-0.1, -0.05) is 11.6 Å². The fourth-order valence-corrected chi connectivity index (χ4v) is 1.55. The molecule has 1 aliphatic heterocycles. The van der Waals surface area contributed by atoms with Gasteiger partial charge in [-0.05, 0) is 22.0 Å². The summed E-state index contributed by atoms with van der Waals surface area (Å²) in [6.07, 6.45) is 1.67. The maximum absolute atomic E-state index is 5.89. The maximum atomic E-state index is 5.89. The van der Waals surface area contributed by atoms with Gasteiger partial charge < -0.3 is 10.1 Å². The number of nitrogens with one attached hydrogen (secondary N) is 1. The average molecular weight is 264 g/mol. The van der Waals surface area contributed by atoms with E-state index in [-0.39, 0.29) is 0 Å². The summed E-state index contributed by atoms with van der Waals surface area (Å²) in [6.45, 7) is 1.48. The van der Waals surface area contributed by atoms with Crippen molar-refractivity contribution in [3.63, 3.8) is 0 Å². The highest BCUT2D eigenvalue weighted by molar-refractivity contribution is 9.10. The Labute approximate surface area is 89.6 Å². The van der Waals surface area contributed by atoms with E-state index in [0.29, 0.717) is 11.2 Å². The molecule has 0 spiro atoms. The molecule has 5 heteroatoms. The molecule has 0 unspecified atom stereocenters. The third-order valence-corrected chi connectivity index (χ3v) is 2.54. The number of nitrogens with zero attached hydrogens (tertiary/aromatic N) is 1. The van der Waals surface area contributed by atoms with Gasteiger partial charge in [-0.25, -0.2) is 4.98 Å². The molecule has 1 fully saturated rings. The third-order valence-electron chi connectivity index (χ3n) is 1.80. The zero-order chi connectivity index (χ0) is 9.26. The Bertz CT molecular complexity index is 317. The number of aromatic nitrogens is 1. The number of anilines is 1. The van der Waals surface area contributed by atoms with Crippen LogP contribution in [0.3, 0.4) is 0 Å². The molecule has 0 atom stereocenters. The Morgan fingerprint density at radius 1 is 1.62 bits per heavy atom. The van der Waals surface area contributed by atoms with Gasteiger partial charge in [-0.3, -0.25) is 0 Å². The van der Waals surface area contributed by atoms with Crippen LogP contribution in [0.25, 0.3) is 0 Å². The number of pyridine rings is 1. The normalized spacial score (nSPS) is 16.8. The number of hydrogen-bond donors (Lipinski definition) is 1. The Balaban J connectivity index is 2.13. The van der Waals surface area contributed by atoms with E-state index < -0.39 is 0 Å². The molecule has 1 aliphatic rings. The molecule has 1 aromatic rings. The second-order valence-electron chi connectivity index (χ2n) is 2.87. The van der Waals surface area contributed by atoms with Gasteiger partial charge in [0.15, 0.2) is 5.15 Å². The summed E-state index contributed by atoms with van der Waals surface area (Å²) in [7, 11) is 0. The van der Waals surface area contributed by atoms with E-state index in [1.165, 1.54) is 0 Å². The molecular weight excluding hydrogens is 255 g/mol. The summed E-state index contributed by atoms with van der Waals surface area (Å²) in [4.78, 5) is 4.01. The molecule has 0 radical (unpaired) electrons. The van der Waals surface area contributed by atoms with E-state index in [9.17, 15) is 0 Å². The van der Waals surface area contributed by atoms with Crippen LogP contribution in [-0.2, 0) is 4.74 Å². The molecular formula is C8H8BrClN2O. The van der Waals surface area contributed by atoms with E-state index in [1.807, 2.05) is 6.07 Å². The van der Waals surface area contributed by atoms with E-state index in [4.69, 9.17) is 16.3 Å². The highest BCUT2D eigenvalue weighted by atomic mass is 79.9. The van der Waals surface area contributed by atoms with Gasteiger partial charge in [0.05, 0.1) is 24.9 Å². The van der Waals surface area contributed by atoms with Gasteiger partial charge in [-0.15, -0.1) is 0 Å². The summed E-state index contributed by atoms with van der Waals surface area (Å²) in [5.74, 6) is 0. The molecule has 0 aromatic carbocycles. The van der Waals surface area contributed by atoms with Crippen LogP contribution < -0.4 is 5.32 Å². The highest BCUT2D eigenvalue weighted by Gasteiger charge is 2.18. The molecule has 1 aromatic heterocycles. The summed E-state index contributed by atoms with van der Waals surface area (Å²) < 4.78 is 5.96. The summed E-state index contributed by atoms with van der Waals surface area (Å²) in [5.41, 5.74) is 0.851. The predicted molar refractivity (Wildman–Crippen MR) is 55.2 cm³/mol. The quantitative estimate of drug-likeness (QED) is 0.832. The van der Waals surface area contributed by atoms with E-state index in [1.54, 1.807) is 6.20 Å². The topological polar surface area (TPSA) is 34.2 Å². The molecule has 0 saturated carbocycles. The molecule has 2 heterocycles. The van der Waals surface area contributed by atoms with Crippen LogP contribution in [0.1, 0.15) is 0 Å². The van der Waals surface area contributed by atoms with Crippen LogP contribution in [0.2, 0.25) is 5.15 Å². The van der Waals surface area contributed by atoms with Crippen LogP contribution in [0.15, 0.2) is 16.7 Å². The molecule has 13 heavy (non-hydrogen) atoms. The minimum atomic E-state index is 0.369. The second kappa shape index (κ2) is 3.82. The number of halogens is 2. The van der Waals surface area contributed by atoms with Crippen molar-refractivity contribution >= 4 is 33.2 Å². The van der Waals surface area contributed by atoms with Gasteiger partial charge >= 0.3 is 0 Å². The van der Waals surface area contributed by atoms with Gasteiger partial charge in [0.1, 0.15) is 0 Å². The highest BCUT2D eigenvalue weighted by Crippen LogP contribution is 2.24. The zero-order valence-electron chi connectivity index (χ0n) is 6.76. The molecule has 70 valence electrons. The average Bonchev–Trinajstić information content (AvgIpc) is 2.03. The standard InChI is InChI=1S/C8H8BrClN2O/c9-5-1-7(8(10)11-2-5)12-6-3-13-4-6/h1-2,6,12H,3-4H2. The summed E-state index contributed by atoms with van der Waals surface area (Å²) in [5, 5.41) is 3.73. The Hall–Kier alpha value is -0.320. The van der Waals surface area contributed by atoms with E-state index in [0.717, 1.165) is 23.4 Å². The van der Waals surface area contributed by atoms with E-state index in [2.05, 4.69) is 26.2 Å². The van der Waals surface area contributed by atoms with E-state index >= 15 is 0 Å². The molecule has 0 amide bonds. The molecule has 3 nitrogen and oxygen atoms in total. The molecule has 2 rings (SSSR count). The first-order valence-corrected chi connectivity index (χ1v) is 5.08. The van der Waals surface area contributed by atoms with Gasteiger partial charge in [0, 0.05) is 10.7 Å². The lowest BCUT2D eigenvalue weighted by Crippen LogP contribution is -2.40. The first kappa shape index (κ1) is 9.24. The third kappa shape index (κ3) is 2.13. The first-order chi connectivity index (χ1) is 6.25. The van der Waals surface area contributed by atoms with Crippen molar-refractivity contribution in [2.75, 3.05) is 18.5 Å². The van der Waals surface area contributed by atoms with Crippen molar-refractivity contribution in [3.8, 4) is 0 Å². The summed E-state index contributed by atoms with van der Waals surface area (Å²) >= 11 is 9.22. The van der Waals surface area contributed by atoms with Crippen molar-refractivity contribution in [1.82, 2.24) is 4.98 Å². The summed E-state index contributed by atoms with van der Waals surface area (Å²) in [6, 6.07) is 2.28. The molecule has 0 aliphatic carbocycles. The maximum Gasteiger partial charge on any atom is 0.152 e. The smallest absolute Gasteiger partial charge is 0.152 e. The minimum absolute atomic E-state index is 0.369. The van der Waals surface area contributed by atoms with Gasteiger partial charge in [0.2, 0.25) is 0 Å². The molecule has 0 bridgehead atoms. The fourth-order valence-electron chi connectivity index (χ4n) is 1.06. The van der Waals surface area contributed by atoms with Crippen LogP contribution in [0.4, 0.5) is 5.69 Å². The second-order valence-corrected chi connectivity index (χ2v) is 4.14. The first-order valence-electron chi connectivity index (χ1n) is 3.91. The predicted octanol–water partition coefficient (Wildman–Crippen LogP) is 2.31. The fraction of sp³-hybridized carbons (Fsp3) is 0.375. The van der Waals surface area contributed by atoms with Crippen molar-refractivity contribution < 1.29 is 4.74 Å². The molecule has 1 saturated heterocycles. The number of rotatable bonds is 2. The van der Waals surface area contributed by atoms with Crippen molar-refractivity contribution in [1.29, 1.82) is 0 Å². The van der Waals surface area contributed by atoms with Crippen LogP contribution in [-0.4, -0.2) is 24.2 Å². The SMILES string of the molecule is Clc1ncc(Br)cc1NC1COC1. The van der Waals surface area contributed by atoms with Gasteiger partial charge in [0.25, 0.3) is 0 Å². The largest absolute Gasteiger partial charge is 0.377 e. The lowest BCUT2D eigenvalue weighted by Gasteiger charge is -2.28. The number of hydrogen-bond acceptors (Lipinski definition) is 3. The minimum Gasteiger partial charge on any atom is -0.377 e. The van der Waals surface area contributed by atoms with Crippen molar-refractivity contribution in [2.45, 2.75) is 6.04 Å². The Morgan fingerprint density at radius 3 is 3.00 bits per heavy atom. The zero-order valence-corrected chi connectivity index (χ0v) is 9.10. The van der Waals surface area contributed by atoms with Crippen molar-refractivity contribution in [3.05, 3.63) is 21.9 Å². The van der Waals surface area contributed by atoms with Crippen LogP contribution in [0, 0.1) is 0 Å². The van der Waals surface area contributed by atoms with Crippen LogP contribution >= 0.6 is 27.5 Å². The Morgan fingerprint density at radius 2 is 2.38 bits per heavy atom. The van der Waals surface area contributed by atoms with Gasteiger partial charge in [-0.2, -0.15) is 0 Å².